The molecule has 2 rings (SSSR count). The van der Waals surface area contributed by atoms with Crippen LogP contribution in [-0.4, -0.2) is 7.11 Å². The average molecular weight is 218 g/mol. The summed E-state index contributed by atoms with van der Waals surface area (Å²) in [6, 6.07) is 8.60. The van der Waals surface area contributed by atoms with Crippen molar-refractivity contribution in [2.45, 2.75) is 39.0 Å². The fourth-order valence-electron chi connectivity index (χ4n) is 2.45. The third-order valence-corrected chi connectivity index (χ3v) is 3.87. The molecule has 1 aliphatic carbocycles. The van der Waals surface area contributed by atoms with Crippen LogP contribution in [0, 0.1) is 11.8 Å². The molecule has 16 heavy (non-hydrogen) atoms. The van der Waals surface area contributed by atoms with Crippen molar-refractivity contribution in [2.24, 2.45) is 11.8 Å². The Kier molecular flexibility index (Phi) is 3.52. The van der Waals surface area contributed by atoms with Gasteiger partial charge in [-0.15, -0.1) is 0 Å². The lowest BCUT2D eigenvalue weighted by molar-refractivity contribution is 0.414. The second-order valence-corrected chi connectivity index (χ2v) is 5.12. The molecule has 88 valence electrons. The Morgan fingerprint density at radius 3 is 2.56 bits per heavy atom. The van der Waals surface area contributed by atoms with E-state index in [4.69, 9.17) is 4.74 Å². The number of methoxy groups -OCH3 is 1. The summed E-state index contributed by atoms with van der Waals surface area (Å²) >= 11 is 0. The summed E-state index contributed by atoms with van der Waals surface area (Å²) in [6.45, 7) is 4.65. The summed E-state index contributed by atoms with van der Waals surface area (Å²) in [5.74, 6) is 3.60. The fourth-order valence-corrected chi connectivity index (χ4v) is 2.45. The van der Waals surface area contributed by atoms with E-state index in [0.717, 1.165) is 23.5 Å². The Labute approximate surface area is 98.8 Å². The first-order valence-electron chi connectivity index (χ1n) is 6.38. The Balaban J connectivity index is 1.90. The molecule has 1 aromatic rings. The van der Waals surface area contributed by atoms with Gasteiger partial charge in [0, 0.05) is 0 Å². The summed E-state index contributed by atoms with van der Waals surface area (Å²) in [4.78, 5) is 0. The van der Waals surface area contributed by atoms with Gasteiger partial charge in [0.1, 0.15) is 5.75 Å². The maximum absolute atomic E-state index is 5.18. The van der Waals surface area contributed by atoms with E-state index in [1.807, 2.05) is 0 Å². The molecule has 1 heteroatoms. The second-order valence-electron chi connectivity index (χ2n) is 5.12. The van der Waals surface area contributed by atoms with Gasteiger partial charge in [-0.2, -0.15) is 0 Å². The standard InChI is InChI=1S/C15H22O/c1-4-11(2)9-13-10-15(13)12-5-7-14(16-3)8-6-12/h5-8,11,13,15H,4,9-10H2,1-3H3. The first-order valence-corrected chi connectivity index (χ1v) is 6.38. The van der Waals surface area contributed by atoms with E-state index < -0.39 is 0 Å². The molecule has 0 bridgehead atoms. The molecule has 0 amide bonds. The molecule has 0 aliphatic heterocycles. The molecule has 0 spiro atoms. The minimum atomic E-state index is 0.819. The normalized spacial score (nSPS) is 25.2. The summed E-state index contributed by atoms with van der Waals surface area (Å²) in [6.07, 6.45) is 4.09. The quantitative estimate of drug-likeness (QED) is 0.718. The topological polar surface area (TPSA) is 9.23 Å². The lowest BCUT2D eigenvalue weighted by Gasteiger charge is -2.07. The van der Waals surface area contributed by atoms with Crippen LogP contribution in [0.3, 0.4) is 0 Å². The van der Waals surface area contributed by atoms with Gasteiger partial charge in [-0.3, -0.25) is 0 Å². The first kappa shape index (κ1) is 11.5. The molecule has 1 saturated carbocycles. The van der Waals surface area contributed by atoms with Gasteiger partial charge < -0.3 is 4.74 Å². The van der Waals surface area contributed by atoms with Gasteiger partial charge in [0.25, 0.3) is 0 Å². The van der Waals surface area contributed by atoms with E-state index in [1.54, 1.807) is 7.11 Å². The van der Waals surface area contributed by atoms with Gasteiger partial charge >= 0.3 is 0 Å². The number of rotatable bonds is 5. The maximum atomic E-state index is 5.18. The van der Waals surface area contributed by atoms with Crippen LogP contribution in [-0.2, 0) is 0 Å². The molecule has 3 atom stereocenters. The zero-order valence-corrected chi connectivity index (χ0v) is 10.6. The van der Waals surface area contributed by atoms with Crippen molar-refractivity contribution in [3.63, 3.8) is 0 Å². The first-order chi connectivity index (χ1) is 7.74. The maximum Gasteiger partial charge on any atom is 0.118 e. The molecule has 0 aromatic heterocycles. The highest BCUT2D eigenvalue weighted by Gasteiger charge is 2.38. The van der Waals surface area contributed by atoms with E-state index in [9.17, 15) is 0 Å². The van der Waals surface area contributed by atoms with Crippen LogP contribution in [0.25, 0.3) is 0 Å². The third-order valence-electron chi connectivity index (χ3n) is 3.87. The molecule has 1 aliphatic rings. The van der Waals surface area contributed by atoms with Crippen molar-refractivity contribution in [1.29, 1.82) is 0 Å². The predicted octanol–water partition coefficient (Wildman–Crippen LogP) is 4.23. The highest BCUT2D eigenvalue weighted by atomic mass is 16.5. The summed E-state index contributed by atoms with van der Waals surface area (Å²) in [5, 5.41) is 0. The Morgan fingerprint density at radius 1 is 1.31 bits per heavy atom. The Hall–Kier alpha value is -0.980. The Morgan fingerprint density at radius 2 is 2.00 bits per heavy atom. The van der Waals surface area contributed by atoms with Crippen molar-refractivity contribution >= 4 is 0 Å². The fraction of sp³-hybridized carbons (Fsp3) is 0.600. The van der Waals surface area contributed by atoms with Gasteiger partial charge in [-0.25, -0.2) is 0 Å². The second kappa shape index (κ2) is 4.90. The summed E-state index contributed by atoms with van der Waals surface area (Å²) < 4.78 is 5.18. The smallest absolute Gasteiger partial charge is 0.118 e. The molecule has 0 saturated heterocycles. The average Bonchev–Trinajstić information content (AvgIpc) is 3.08. The highest BCUT2D eigenvalue weighted by Crippen LogP contribution is 2.51. The van der Waals surface area contributed by atoms with Crippen LogP contribution in [0.2, 0.25) is 0 Å². The summed E-state index contributed by atoms with van der Waals surface area (Å²) in [7, 11) is 1.72. The number of ether oxygens (including phenoxy) is 1. The Bertz CT molecular complexity index is 328. The van der Waals surface area contributed by atoms with Crippen LogP contribution in [0.4, 0.5) is 0 Å². The van der Waals surface area contributed by atoms with Crippen molar-refractivity contribution in [3.8, 4) is 5.75 Å². The van der Waals surface area contributed by atoms with E-state index in [1.165, 1.54) is 24.8 Å². The zero-order valence-electron chi connectivity index (χ0n) is 10.6. The summed E-state index contributed by atoms with van der Waals surface area (Å²) in [5.41, 5.74) is 1.49. The lowest BCUT2D eigenvalue weighted by Crippen LogP contribution is -1.94. The molecule has 3 unspecified atom stereocenters. The molecule has 1 nitrogen and oxygen atoms in total. The van der Waals surface area contributed by atoms with Crippen LogP contribution in [0.15, 0.2) is 24.3 Å². The minimum Gasteiger partial charge on any atom is -0.497 e. The predicted molar refractivity (Wildman–Crippen MR) is 67.9 cm³/mol. The van der Waals surface area contributed by atoms with E-state index >= 15 is 0 Å². The van der Waals surface area contributed by atoms with Crippen molar-refractivity contribution in [2.75, 3.05) is 7.11 Å². The van der Waals surface area contributed by atoms with Gasteiger partial charge in [0.2, 0.25) is 0 Å². The van der Waals surface area contributed by atoms with Crippen LogP contribution in [0.1, 0.15) is 44.6 Å². The number of benzene rings is 1. The van der Waals surface area contributed by atoms with E-state index in [0.29, 0.717) is 0 Å². The van der Waals surface area contributed by atoms with E-state index in [-0.39, 0.29) is 0 Å². The van der Waals surface area contributed by atoms with Crippen molar-refractivity contribution < 1.29 is 4.74 Å². The van der Waals surface area contributed by atoms with Crippen molar-refractivity contribution in [3.05, 3.63) is 29.8 Å². The monoisotopic (exact) mass is 218 g/mol. The van der Waals surface area contributed by atoms with Gasteiger partial charge in [0.05, 0.1) is 7.11 Å². The highest BCUT2D eigenvalue weighted by molar-refractivity contribution is 5.32. The van der Waals surface area contributed by atoms with Gasteiger partial charge in [-0.05, 0) is 48.3 Å². The third kappa shape index (κ3) is 2.58. The van der Waals surface area contributed by atoms with Crippen LogP contribution >= 0.6 is 0 Å². The molecular weight excluding hydrogens is 196 g/mol. The van der Waals surface area contributed by atoms with Crippen LogP contribution in [0.5, 0.6) is 5.75 Å². The molecular formula is C15H22O. The van der Waals surface area contributed by atoms with E-state index in [2.05, 4.69) is 38.1 Å². The largest absolute Gasteiger partial charge is 0.497 e. The SMILES string of the molecule is CCC(C)CC1CC1c1ccc(OC)cc1. The molecule has 1 aromatic carbocycles. The molecule has 0 radical (unpaired) electrons. The number of hydrogen-bond donors (Lipinski definition) is 0. The molecule has 0 N–H and O–H groups in total. The molecule has 0 heterocycles. The van der Waals surface area contributed by atoms with Crippen LogP contribution < -0.4 is 4.74 Å². The van der Waals surface area contributed by atoms with Gasteiger partial charge in [0.15, 0.2) is 0 Å². The van der Waals surface area contributed by atoms with Gasteiger partial charge in [-0.1, -0.05) is 32.4 Å². The lowest BCUT2D eigenvalue weighted by atomic mass is 9.99. The molecule has 1 fully saturated rings. The van der Waals surface area contributed by atoms with Crippen molar-refractivity contribution in [1.82, 2.24) is 0 Å². The number of hydrogen-bond acceptors (Lipinski definition) is 1. The minimum absolute atomic E-state index is 0.819. The zero-order chi connectivity index (χ0) is 11.5.